The van der Waals surface area contributed by atoms with E-state index in [2.05, 4.69) is 24.3 Å². The Labute approximate surface area is 124 Å². The lowest BCUT2D eigenvalue weighted by atomic mass is 10.0. The summed E-state index contributed by atoms with van der Waals surface area (Å²) in [7, 11) is 0. The maximum absolute atomic E-state index is 12.5. The Kier molecular flexibility index (Phi) is 5.47. The summed E-state index contributed by atoms with van der Waals surface area (Å²) in [5.74, 6) is 0. The van der Waals surface area contributed by atoms with Crippen LogP contribution in [0.5, 0.6) is 0 Å². The lowest BCUT2D eigenvalue weighted by Gasteiger charge is -2.21. The molecule has 0 aromatic heterocycles. The molecule has 0 spiro atoms. The fraction of sp³-hybridized carbons (Fsp3) is 0.250. The molecular weight excluding hydrogens is 287 g/mol. The van der Waals surface area contributed by atoms with Gasteiger partial charge in [0, 0.05) is 6.66 Å². The van der Waals surface area contributed by atoms with Crippen molar-refractivity contribution in [2.75, 3.05) is 13.3 Å². The zero-order valence-corrected chi connectivity index (χ0v) is 13.4. The minimum absolute atomic E-state index is 0.0276. The molecule has 2 nitrogen and oxygen atoms in total. The first-order valence-electron chi connectivity index (χ1n) is 6.63. The molecule has 2 aromatic rings. The second-order valence-corrected chi connectivity index (χ2v) is 9.60. The van der Waals surface area contributed by atoms with Crippen LogP contribution in [0.3, 0.4) is 0 Å². The van der Waals surface area contributed by atoms with E-state index in [0.29, 0.717) is 6.61 Å². The number of hydrogen-bond acceptors (Lipinski definition) is 3. The Bertz CT molecular complexity index is 532. The Hall–Kier alpha value is -1.02. The first-order valence-corrected chi connectivity index (χ1v) is 10.2. The van der Waals surface area contributed by atoms with Gasteiger partial charge in [-0.2, -0.15) is 0 Å². The van der Waals surface area contributed by atoms with Gasteiger partial charge >= 0.3 is 0 Å². The van der Waals surface area contributed by atoms with Gasteiger partial charge < -0.3 is 4.52 Å². The summed E-state index contributed by atoms with van der Waals surface area (Å²) >= 11 is 1.41. The maximum atomic E-state index is 12.5. The summed E-state index contributed by atoms with van der Waals surface area (Å²) in [6.07, 6.45) is 0. The summed E-state index contributed by atoms with van der Waals surface area (Å²) in [5.41, 5.74) is 2.29. The fourth-order valence-corrected chi connectivity index (χ4v) is 5.87. The largest absolute Gasteiger partial charge is 0.322 e. The summed E-state index contributed by atoms with van der Waals surface area (Å²) in [6.45, 7) is 1.37. The van der Waals surface area contributed by atoms with Crippen molar-refractivity contribution in [3.05, 3.63) is 71.8 Å². The van der Waals surface area contributed by atoms with Crippen molar-refractivity contribution < 1.29 is 9.09 Å². The van der Waals surface area contributed by atoms with Crippen molar-refractivity contribution in [1.29, 1.82) is 0 Å². The van der Waals surface area contributed by atoms with E-state index in [1.54, 1.807) is 6.66 Å². The Morgan fingerprint density at radius 3 is 1.85 bits per heavy atom. The van der Waals surface area contributed by atoms with Gasteiger partial charge in [-0.1, -0.05) is 72.0 Å². The molecule has 1 atom stereocenters. The second-order valence-electron chi connectivity index (χ2n) is 4.50. The predicted octanol–water partition coefficient (Wildman–Crippen LogP) is 5.37. The van der Waals surface area contributed by atoms with Crippen molar-refractivity contribution in [2.45, 2.75) is 12.2 Å². The molecule has 0 amide bonds. The normalized spacial score (nSPS) is 14.2. The van der Waals surface area contributed by atoms with Crippen molar-refractivity contribution in [2.24, 2.45) is 0 Å². The fourth-order valence-electron chi connectivity index (χ4n) is 2.03. The van der Waals surface area contributed by atoms with Gasteiger partial charge in [0.05, 0.1) is 11.9 Å². The number of benzene rings is 2. The highest BCUT2D eigenvalue weighted by atomic mass is 32.7. The van der Waals surface area contributed by atoms with E-state index in [0.717, 1.165) is 11.1 Å². The molecule has 1 unspecified atom stereocenters. The van der Waals surface area contributed by atoms with Gasteiger partial charge in [-0.3, -0.25) is 4.57 Å². The van der Waals surface area contributed by atoms with E-state index in [-0.39, 0.29) is 5.25 Å². The quantitative estimate of drug-likeness (QED) is 0.671. The van der Waals surface area contributed by atoms with E-state index in [1.165, 1.54) is 11.4 Å². The molecule has 2 aromatic carbocycles. The summed E-state index contributed by atoms with van der Waals surface area (Å²) in [5, 5.41) is 0.0276. The van der Waals surface area contributed by atoms with Crippen molar-refractivity contribution >= 4 is 18.0 Å². The summed E-state index contributed by atoms with van der Waals surface area (Å²) in [4.78, 5) is 0. The molecule has 106 valence electrons. The minimum atomic E-state index is -2.66. The van der Waals surface area contributed by atoms with Gasteiger partial charge in [-0.15, -0.1) is 0 Å². The average molecular weight is 306 g/mol. The van der Waals surface area contributed by atoms with Gasteiger partial charge in [0.15, 0.2) is 0 Å². The van der Waals surface area contributed by atoms with Gasteiger partial charge in [0.2, 0.25) is 0 Å². The third kappa shape index (κ3) is 4.24. The number of hydrogen-bond donors (Lipinski definition) is 0. The molecule has 0 N–H and O–H groups in total. The van der Waals surface area contributed by atoms with Gasteiger partial charge in [0.25, 0.3) is 6.57 Å². The van der Waals surface area contributed by atoms with Crippen LogP contribution in [-0.2, 0) is 9.09 Å². The second kappa shape index (κ2) is 7.12. The zero-order chi connectivity index (χ0) is 14.4. The Morgan fingerprint density at radius 1 is 1.00 bits per heavy atom. The average Bonchev–Trinajstić information content (AvgIpc) is 2.47. The topological polar surface area (TPSA) is 26.3 Å². The van der Waals surface area contributed by atoms with Crippen molar-refractivity contribution in [1.82, 2.24) is 0 Å². The molecule has 0 bridgehead atoms. The van der Waals surface area contributed by atoms with Gasteiger partial charge in [-0.25, -0.2) is 0 Å². The van der Waals surface area contributed by atoms with E-state index in [4.69, 9.17) is 4.52 Å². The SMILES string of the molecule is CCOP(C)(=O)SC(c1ccccc1)c1ccccc1. The van der Waals surface area contributed by atoms with Crippen LogP contribution >= 0.6 is 18.0 Å². The first-order chi connectivity index (χ1) is 9.62. The molecule has 0 fully saturated rings. The highest BCUT2D eigenvalue weighted by molar-refractivity contribution is 8.56. The van der Waals surface area contributed by atoms with Crippen LogP contribution in [-0.4, -0.2) is 13.3 Å². The lowest BCUT2D eigenvalue weighted by molar-refractivity contribution is 0.350. The molecule has 0 aliphatic heterocycles. The van der Waals surface area contributed by atoms with E-state index < -0.39 is 6.57 Å². The molecule has 20 heavy (non-hydrogen) atoms. The van der Waals surface area contributed by atoms with Gasteiger partial charge in [0.1, 0.15) is 0 Å². The minimum Gasteiger partial charge on any atom is -0.322 e. The molecule has 0 saturated heterocycles. The van der Waals surface area contributed by atoms with Crippen LogP contribution < -0.4 is 0 Å². The molecule has 4 heteroatoms. The third-order valence-electron chi connectivity index (χ3n) is 2.87. The Balaban J connectivity index is 2.33. The molecule has 0 heterocycles. The lowest BCUT2D eigenvalue weighted by Crippen LogP contribution is -1.97. The molecule has 0 aliphatic rings. The molecule has 2 rings (SSSR count). The maximum Gasteiger partial charge on any atom is 0.255 e. The van der Waals surface area contributed by atoms with Crippen LogP contribution in [0.4, 0.5) is 0 Å². The standard InChI is InChI=1S/C16H19O2PS/c1-3-18-19(2,17)20-16(14-10-6-4-7-11-14)15-12-8-5-9-13-15/h4-13,16H,3H2,1-2H3. The third-order valence-corrected chi connectivity index (χ3v) is 6.83. The monoisotopic (exact) mass is 306 g/mol. The molecule has 0 radical (unpaired) electrons. The number of rotatable bonds is 6. The van der Waals surface area contributed by atoms with Crippen molar-refractivity contribution in [3.8, 4) is 0 Å². The van der Waals surface area contributed by atoms with Crippen LogP contribution in [0, 0.1) is 0 Å². The van der Waals surface area contributed by atoms with Crippen molar-refractivity contribution in [3.63, 3.8) is 0 Å². The Morgan fingerprint density at radius 2 is 1.45 bits per heavy atom. The van der Waals surface area contributed by atoms with Crippen LogP contribution in [0.15, 0.2) is 60.7 Å². The predicted molar refractivity (Wildman–Crippen MR) is 87.5 cm³/mol. The molecule has 0 aliphatic carbocycles. The van der Waals surface area contributed by atoms with Gasteiger partial charge in [-0.05, 0) is 18.1 Å². The van der Waals surface area contributed by atoms with Crippen LogP contribution in [0.25, 0.3) is 0 Å². The molecule has 0 saturated carbocycles. The van der Waals surface area contributed by atoms with Crippen LogP contribution in [0.1, 0.15) is 23.3 Å². The molecular formula is C16H19O2PS. The zero-order valence-electron chi connectivity index (χ0n) is 11.7. The van der Waals surface area contributed by atoms with Crippen LogP contribution in [0.2, 0.25) is 0 Å². The van der Waals surface area contributed by atoms with E-state index in [9.17, 15) is 4.57 Å². The summed E-state index contributed by atoms with van der Waals surface area (Å²) in [6, 6.07) is 20.3. The highest BCUT2D eigenvalue weighted by Crippen LogP contribution is 2.63. The summed E-state index contributed by atoms with van der Waals surface area (Å²) < 4.78 is 17.9. The van der Waals surface area contributed by atoms with E-state index >= 15 is 0 Å². The first kappa shape index (κ1) is 15.4. The smallest absolute Gasteiger partial charge is 0.255 e. The highest BCUT2D eigenvalue weighted by Gasteiger charge is 2.25. The van der Waals surface area contributed by atoms with E-state index in [1.807, 2.05) is 43.3 Å².